The number of rotatable bonds is 20. The molecule has 0 saturated carbocycles. The molecule has 0 aliphatic rings. The molecule has 2 aromatic heterocycles. The summed E-state index contributed by atoms with van der Waals surface area (Å²) in [5, 5.41) is 51.1. The number of halogens is 2. The van der Waals surface area contributed by atoms with E-state index in [0.29, 0.717) is 0 Å². The predicted octanol–water partition coefficient (Wildman–Crippen LogP) is -3.06. The summed E-state index contributed by atoms with van der Waals surface area (Å²) in [6.07, 6.45) is 2.21. The van der Waals surface area contributed by atoms with Crippen molar-refractivity contribution in [1.29, 1.82) is 0 Å². The summed E-state index contributed by atoms with van der Waals surface area (Å²) in [5.74, 6) is -1.64. The van der Waals surface area contributed by atoms with Crippen LogP contribution in [0.25, 0.3) is 21.5 Å². The van der Waals surface area contributed by atoms with Crippen LogP contribution >= 0.6 is 23.2 Å². The normalized spacial score (nSPS) is 12.2. The molecule has 0 unspecified atom stereocenters. The number of aliphatic imine (C=N–C) groups is 2. The summed E-state index contributed by atoms with van der Waals surface area (Å²) in [4.78, 5) is 27.4. The van der Waals surface area contributed by atoms with Gasteiger partial charge in [0.25, 0.3) is 20.2 Å². The molecule has 0 aliphatic carbocycles. The Morgan fingerprint density at radius 3 is 1.16 bits per heavy atom. The molecule has 0 radical (unpaired) electrons. The zero-order valence-electron chi connectivity index (χ0n) is 49.7. The second kappa shape index (κ2) is 31.9. The minimum Gasteiger partial charge on any atom is -0.862 e. The molecule has 460 valence electrons. The van der Waals surface area contributed by atoms with Crippen molar-refractivity contribution in [1.82, 2.24) is 29.9 Å². The van der Waals surface area contributed by atoms with Crippen LogP contribution in [-0.4, -0.2) is 108 Å². The fourth-order valence-corrected chi connectivity index (χ4v) is 11.8. The van der Waals surface area contributed by atoms with E-state index in [-0.39, 0.29) is 203 Å². The number of nitrogens with one attached hydrogen (secondary N) is 4. The Kier molecular flexibility index (Phi) is 26.7. The summed E-state index contributed by atoms with van der Waals surface area (Å²) in [7, 11) is -19.3. The second-order valence-corrected chi connectivity index (χ2v) is 24.3. The molecule has 0 atom stereocenters. The van der Waals surface area contributed by atoms with Crippen molar-refractivity contribution in [2.75, 3.05) is 35.5 Å². The summed E-state index contributed by atoms with van der Waals surface area (Å²) in [6, 6.07) is 16.6. The van der Waals surface area contributed by atoms with Gasteiger partial charge in [0.15, 0.2) is 0 Å². The average molecular weight is 1420 g/mol. The molecular weight excluding hydrogens is 1380 g/mol. The van der Waals surface area contributed by atoms with Crippen LogP contribution in [0.15, 0.2) is 154 Å². The Morgan fingerprint density at radius 1 is 0.484 bits per heavy atom. The Labute approximate surface area is 626 Å². The van der Waals surface area contributed by atoms with E-state index in [1.807, 2.05) is 0 Å². The van der Waals surface area contributed by atoms with Gasteiger partial charge in [-0.1, -0.05) is 30.3 Å². The molecule has 0 aliphatic heterocycles. The summed E-state index contributed by atoms with van der Waals surface area (Å²) in [6.45, 7) is 3.64. The van der Waals surface area contributed by atoms with Crippen LogP contribution in [-0.2, 0) is 40.5 Å². The Morgan fingerprint density at radius 2 is 0.839 bits per heavy atom. The number of ether oxygens (including phenoxy) is 2. The summed E-state index contributed by atoms with van der Waals surface area (Å²) < 4.78 is 164. The van der Waals surface area contributed by atoms with Crippen molar-refractivity contribution in [3.63, 3.8) is 0 Å². The van der Waals surface area contributed by atoms with Gasteiger partial charge in [-0.05, 0) is 110 Å². The van der Waals surface area contributed by atoms with Gasteiger partial charge in [-0.3, -0.25) is 19.1 Å². The topological polar surface area (TPSA) is 487 Å². The number of nitrogens with zero attached hydrogens (tertiary/aromatic N) is 12. The Bertz CT molecular complexity index is 4720. The van der Waals surface area contributed by atoms with Crippen molar-refractivity contribution in [2.45, 2.75) is 40.4 Å². The van der Waals surface area contributed by atoms with E-state index in [9.17, 15) is 62.1 Å². The van der Waals surface area contributed by atoms with E-state index in [0.717, 1.165) is 75.0 Å². The van der Waals surface area contributed by atoms with Crippen LogP contribution in [0.4, 0.5) is 80.1 Å². The molecule has 0 saturated heterocycles. The average Bonchev–Trinajstić information content (AvgIpc) is 0.774. The molecule has 0 amide bonds. The number of benzene rings is 7. The van der Waals surface area contributed by atoms with Crippen LogP contribution < -0.4 is 159 Å². The molecule has 9 aromatic rings. The number of fused-ring (bicyclic) bond motifs is 2. The van der Waals surface area contributed by atoms with E-state index in [2.05, 4.69) is 81.6 Å². The van der Waals surface area contributed by atoms with E-state index in [1.165, 1.54) is 63.6 Å². The smallest absolute Gasteiger partial charge is 0.862 e. The zero-order valence-corrected chi connectivity index (χ0v) is 62.5. The number of aromatic nitrogens is 6. The number of azo groups is 2. The van der Waals surface area contributed by atoms with Gasteiger partial charge in [0, 0.05) is 45.1 Å². The van der Waals surface area contributed by atoms with Crippen LogP contribution in [0.1, 0.15) is 19.4 Å². The van der Waals surface area contributed by atoms with Gasteiger partial charge in [0.05, 0.1) is 58.1 Å². The van der Waals surface area contributed by atoms with Gasteiger partial charge in [-0.2, -0.15) is 26.8 Å². The van der Waals surface area contributed by atoms with Crippen molar-refractivity contribution in [3.8, 4) is 11.5 Å². The number of anilines is 8. The first-order valence-electron chi connectivity index (χ1n) is 24.6. The molecule has 6 N–H and O–H groups in total. The van der Waals surface area contributed by atoms with Crippen molar-refractivity contribution < 1.29 is 190 Å². The van der Waals surface area contributed by atoms with Crippen LogP contribution in [0.3, 0.4) is 0 Å². The summed E-state index contributed by atoms with van der Waals surface area (Å²) in [5.41, 5.74) is -2.84. The Hall–Kier alpha value is -5.76. The number of hydrogen-bond acceptors (Lipinski definition) is 30. The number of hydrogen-bond donors (Lipinski definition) is 6. The quantitative estimate of drug-likeness (QED) is 0.0145. The minimum atomic E-state index is -5.57. The van der Waals surface area contributed by atoms with Gasteiger partial charge < -0.3 is 50.1 Å². The minimum absolute atomic E-state index is 0. The van der Waals surface area contributed by atoms with Gasteiger partial charge in [0.1, 0.15) is 76.9 Å². The van der Waals surface area contributed by atoms with Crippen LogP contribution in [0.2, 0.25) is 10.6 Å². The Balaban J connectivity index is 0.00000392. The van der Waals surface area contributed by atoms with Crippen molar-refractivity contribution in [2.24, 2.45) is 30.4 Å². The van der Waals surface area contributed by atoms with Gasteiger partial charge in [-0.25, -0.2) is 36.8 Å². The van der Waals surface area contributed by atoms with Crippen LogP contribution in [0.5, 0.6) is 11.5 Å². The first-order valence-corrected chi connectivity index (χ1v) is 31.0. The third-order valence-electron chi connectivity index (χ3n) is 12.3. The molecule has 2 heterocycles. The van der Waals surface area contributed by atoms with E-state index in [1.54, 1.807) is 0 Å². The monoisotopic (exact) mass is 1420 g/mol. The standard InChI is InChI=1S/C51H42Cl2N16O16S4.4Na/c1-23-28(60-46-36(19-42(88(78,79)80)26-9-6-13-40(44(26)46)86(72,73)74)68-66-32-17-38(84-4)34(15-30(32)58-24(2)70)62-50-56-21-54-48(52)64-50)11-8-12-29(23)61-47-37(20-43(89(81,82)83)27-10-7-14-41(45(27)47)87(75,76)77)69-67-33-18-39(85-5)35(16-31(33)59-25(3)71)63-51-57-22-55-49(53)65-51;;;;/h6-22,60-61H,1-5H3,(H,58,70)(H,59,71)(H,72,73,74)(H,75,76,77)(H,78,79,80)(H,81,82,83)(H,54,56,62,64)(H,55,57,63,65);;;;/q;4*+1/p-4. The fraction of sp³-hybridized carbons (Fsp3) is 0.0980. The first kappa shape index (κ1) is 77.9. The fourth-order valence-electron chi connectivity index (χ4n) is 8.68. The first-order chi connectivity index (χ1) is 41.9. The zero-order chi connectivity index (χ0) is 64.5. The van der Waals surface area contributed by atoms with E-state index < -0.39 is 116 Å². The number of methoxy groups -OCH3 is 2. The van der Waals surface area contributed by atoms with Gasteiger partial charge >= 0.3 is 118 Å². The van der Waals surface area contributed by atoms with E-state index >= 15 is 0 Å². The van der Waals surface area contributed by atoms with E-state index in [4.69, 9.17) is 32.7 Å². The SMILES string of the molecule is COc1cc(N=Nc2cc(S(=O)(=O)O)c3cccc(S(=O)(=O)[O-])c3c2Nc2cccc(Nc3c(N=Nc4cc(OC)c(Nc5ncnc(Cl)n5)cc4N=C(C)[O-])cc(S(=O)(=O)O)c4cccc(S(=O)(=O)[O-])c34)c2C)c(N=C(C)[O-])cc1Nc1ncnc(Cl)n1.[Na+].[Na+].[Na+].[Na+]. The van der Waals surface area contributed by atoms with Gasteiger partial charge in [0.2, 0.25) is 22.5 Å². The van der Waals surface area contributed by atoms with Crippen LogP contribution in [0, 0.1) is 6.92 Å². The molecule has 0 bridgehead atoms. The summed E-state index contributed by atoms with van der Waals surface area (Å²) >= 11 is 11.9. The molecule has 93 heavy (non-hydrogen) atoms. The largest absolute Gasteiger partial charge is 1.00 e. The third-order valence-corrected chi connectivity index (χ3v) is 16.2. The third kappa shape index (κ3) is 18.4. The molecule has 9 rings (SSSR count). The molecule has 42 heteroatoms. The molecule has 0 fully saturated rings. The van der Waals surface area contributed by atoms with Crippen molar-refractivity contribution in [3.05, 3.63) is 120 Å². The molecule has 32 nitrogen and oxygen atoms in total. The molecule has 7 aromatic carbocycles. The predicted molar refractivity (Wildman–Crippen MR) is 317 cm³/mol. The van der Waals surface area contributed by atoms with Gasteiger partial charge in [-0.15, -0.1) is 20.5 Å². The maximum absolute atomic E-state index is 13.2. The maximum Gasteiger partial charge on any atom is 1.00 e. The second-order valence-electron chi connectivity index (χ2n) is 18.1. The van der Waals surface area contributed by atoms with Crippen molar-refractivity contribution >= 4 is 177 Å². The maximum atomic E-state index is 13.2. The molecular formula is C51H38Cl2N16Na4O16S4. The molecule has 0 spiro atoms.